The highest BCUT2D eigenvalue weighted by molar-refractivity contribution is 5.83. The highest BCUT2D eigenvalue weighted by atomic mass is 16.6. The SMILES string of the molecule is CO/N=c1/c2nc(-c3cccc(-c4cccc5c4CC[C@@H]5Oc4ccc(CN5CC[C@@H](C(=O)O)C5)c(OC)n4)c3C)oc2c(C#N)cn1CCO. The smallest absolute Gasteiger partial charge is 0.307 e. The van der Waals surface area contributed by atoms with Gasteiger partial charge in [-0.2, -0.15) is 10.2 Å². The first-order valence-electron chi connectivity index (χ1n) is 16.8. The molecule has 0 unspecified atom stereocenters. The Morgan fingerprint density at radius 1 is 1.10 bits per heavy atom. The summed E-state index contributed by atoms with van der Waals surface area (Å²) in [7, 11) is 3.01. The first kappa shape index (κ1) is 33.8. The van der Waals surface area contributed by atoms with E-state index in [0.29, 0.717) is 53.7 Å². The number of carboxylic acid groups (broad SMARTS) is 1. The summed E-state index contributed by atoms with van der Waals surface area (Å²) in [6.45, 7) is 3.87. The van der Waals surface area contributed by atoms with E-state index >= 15 is 0 Å². The number of aliphatic carboxylic acids is 1. The maximum atomic E-state index is 11.4. The molecule has 2 atom stereocenters. The summed E-state index contributed by atoms with van der Waals surface area (Å²) in [5.74, 6) is 0.182. The average molecular weight is 691 g/mol. The molecule has 0 spiro atoms. The third-order valence-corrected chi connectivity index (χ3v) is 9.74. The molecule has 51 heavy (non-hydrogen) atoms. The number of benzene rings is 2. The van der Waals surface area contributed by atoms with Crippen molar-refractivity contribution < 1.29 is 33.7 Å². The van der Waals surface area contributed by atoms with Crippen molar-refractivity contribution in [2.75, 3.05) is 33.9 Å². The van der Waals surface area contributed by atoms with E-state index in [1.54, 1.807) is 17.9 Å². The van der Waals surface area contributed by atoms with Crippen molar-refractivity contribution in [2.45, 2.75) is 45.4 Å². The summed E-state index contributed by atoms with van der Waals surface area (Å²) in [4.78, 5) is 28.0. The molecule has 0 bridgehead atoms. The summed E-state index contributed by atoms with van der Waals surface area (Å²) in [5.41, 5.74) is 8.32. The topological polar surface area (TPSA) is 168 Å². The Morgan fingerprint density at radius 3 is 2.65 bits per heavy atom. The number of likely N-dealkylation sites (tertiary alicyclic amines) is 1. The van der Waals surface area contributed by atoms with Gasteiger partial charge in [-0.25, -0.2) is 4.98 Å². The fraction of sp³-hybridized carbons (Fsp3) is 0.342. The Labute approximate surface area is 294 Å². The van der Waals surface area contributed by atoms with Gasteiger partial charge < -0.3 is 33.5 Å². The second-order valence-electron chi connectivity index (χ2n) is 12.7. The lowest BCUT2D eigenvalue weighted by atomic mass is 9.91. The quantitative estimate of drug-likeness (QED) is 0.180. The molecule has 5 aromatic rings. The number of aliphatic hydroxyl groups excluding tert-OH is 1. The normalized spacial score (nSPS) is 17.4. The number of hydrogen-bond acceptors (Lipinski definition) is 11. The number of aromatic nitrogens is 3. The van der Waals surface area contributed by atoms with Crippen LogP contribution >= 0.6 is 0 Å². The summed E-state index contributed by atoms with van der Waals surface area (Å²) in [6, 6.07) is 18.2. The molecule has 0 amide bonds. The van der Waals surface area contributed by atoms with E-state index in [0.717, 1.165) is 52.8 Å². The lowest BCUT2D eigenvalue weighted by molar-refractivity contribution is -0.141. The summed E-state index contributed by atoms with van der Waals surface area (Å²) >= 11 is 0. The number of fused-ring (bicyclic) bond motifs is 2. The fourth-order valence-electron chi connectivity index (χ4n) is 7.25. The molecule has 2 aromatic carbocycles. The summed E-state index contributed by atoms with van der Waals surface area (Å²) in [6.07, 6.45) is 3.61. The van der Waals surface area contributed by atoms with Crippen LogP contribution < -0.4 is 15.0 Å². The highest BCUT2D eigenvalue weighted by Crippen LogP contribution is 2.42. The van der Waals surface area contributed by atoms with Crippen LogP contribution in [0.25, 0.3) is 33.7 Å². The zero-order valence-corrected chi connectivity index (χ0v) is 28.6. The van der Waals surface area contributed by atoms with Gasteiger partial charge in [-0.15, -0.1) is 0 Å². The maximum absolute atomic E-state index is 11.4. The van der Waals surface area contributed by atoms with E-state index < -0.39 is 5.97 Å². The number of nitriles is 1. The van der Waals surface area contributed by atoms with Gasteiger partial charge in [-0.3, -0.25) is 9.69 Å². The van der Waals surface area contributed by atoms with E-state index in [1.165, 1.54) is 12.7 Å². The predicted octanol–water partition coefficient (Wildman–Crippen LogP) is 4.97. The molecule has 2 N–H and O–H groups in total. The van der Waals surface area contributed by atoms with Gasteiger partial charge in [-0.05, 0) is 72.7 Å². The molecule has 1 aliphatic heterocycles. The van der Waals surface area contributed by atoms with E-state index in [4.69, 9.17) is 23.7 Å². The predicted molar refractivity (Wildman–Crippen MR) is 185 cm³/mol. The Hall–Kier alpha value is -5.71. The molecular formula is C38H38N6O7. The van der Waals surface area contributed by atoms with Crippen LogP contribution in [0.3, 0.4) is 0 Å². The Kier molecular flexibility index (Phi) is 9.44. The van der Waals surface area contributed by atoms with Crippen LogP contribution in [0.15, 0.2) is 64.3 Å². The number of aliphatic hydroxyl groups is 1. The molecule has 13 nitrogen and oxygen atoms in total. The molecule has 13 heteroatoms. The van der Waals surface area contributed by atoms with Gasteiger partial charge in [0, 0.05) is 43.0 Å². The molecule has 0 saturated carbocycles. The number of hydrogen-bond donors (Lipinski definition) is 2. The van der Waals surface area contributed by atoms with Crippen LogP contribution in [-0.2, 0) is 29.1 Å². The van der Waals surface area contributed by atoms with Crippen molar-refractivity contribution in [1.29, 1.82) is 5.26 Å². The van der Waals surface area contributed by atoms with Crippen molar-refractivity contribution in [1.82, 2.24) is 19.4 Å². The number of pyridine rings is 2. The van der Waals surface area contributed by atoms with Crippen LogP contribution in [0.1, 0.15) is 46.8 Å². The molecule has 2 aliphatic rings. The molecule has 7 rings (SSSR count). The van der Waals surface area contributed by atoms with Gasteiger partial charge in [0.15, 0.2) is 11.1 Å². The maximum Gasteiger partial charge on any atom is 0.307 e. The van der Waals surface area contributed by atoms with E-state index in [2.05, 4.69) is 39.3 Å². The van der Waals surface area contributed by atoms with Gasteiger partial charge in [0.05, 0.1) is 19.6 Å². The van der Waals surface area contributed by atoms with E-state index in [1.807, 2.05) is 37.3 Å². The number of carbonyl (C=O) groups is 1. The van der Waals surface area contributed by atoms with Crippen molar-refractivity contribution in [3.8, 4) is 40.4 Å². The number of oxazole rings is 1. The molecule has 1 saturated heterocycles. The molecular weight excluding hydrogens is 652 g/mol. The third-order valence-electron chi connectivity index (χ3n) is 9.74. The minimum Gasteiger partial charge on any atom is -0.481 e. The van der Waals surface area contributed by atoms with Gasteiger partial charge >= 0.3 is 5.97 Å². The lowest BCUT2D eigenvalue weighted by Crippen LogP contribution is -2.24. The average Bonchev–Trinajstić information content (AvgIpc) is 3.89. The molecule has 1 fully saturated rings. The standard InChI is InChI=1S/C38H38N6O7/c1-22-26(6-4-7-27(22)37-41-33-34(51-37)25(18-39)21-44(16-17-45)35(33)42-49-3)28-8-5-9-30-29(28)11-12-31(30)50-32-13-10-23(36(40-32)48-2)19-43-15-14-24(20-43)38(46)47/h4-10,13,21,24,31,45H,11-12,14-17,19-20H2,1-3H3,(H,46,47)/b42-35-/t24-,31+/m1/s1. The Morgan fingerprint density at radius 2 is 1.90 bits per heavy atom. The zero-order chi connectivity index (χ0) is 35.6. The minimum absolute atomic E-state index is 0.153. The number of ether oxygens (including phenoxy) is 2. The van der Waals surface area contributed by atoms with Crippen molar-refractivity contribution in [2.24, 2.45) is 11.1 Å². The first-order valence-corrected chi connectivity index (χ1v) is 16.8. The van der Waals surface area contributed by atoms with E-state index in [-0.39, 0.29) is 30.7 Å². The number of carboxylic acids is 1. The van der Waals surface area contributed by atoms with Gasteiger partial charge in [0.1, 0.15) is 24.8 Å². The van der Waals surface area contributed by atoms with Crippen LogP contribution in [0, 0.1) is 24.2 Å². The number of methoxy groups -OCH3 is 1. The number of rotatable bonds is 11. The monoisotopic (exact) mass is 690 g/mol. The largest absolute Gasteiger partial charge is 0.481 e. The second-order valence-corrected chi connectivity index (χ2v) is 12.7. The molecule has 1 aliphatic carbocycles. The summed E-state index contributed by atoms with van der Waals surface area (Å²) in [5, 5.41) is 33.0. The van der Waals surface area contributed by atoms with Crippen molar-refractivity contribution >= 4 is 17.1 Å². The van der Waals surface area contributed by atoms with Gasteiger partial charge in [-0.1, -0.05) is 35.5 Å². The first-order chi connectivity index (χ1) is 24.8. The van der Waals surface area contributed by atoms with Crippen molar-refractivity contribution in [3.63, 3.8) is 0 Å². The minimum atomic E-state index is -0.755. The molecule has 262 valence electrons. The Bertz CT molecular complexity index is 2240. The van der Waals surface area contributed by atoms with Crippen LogP contribution in [0.4, 0.5) is 0 Å². The summed E-state index contributed by atoms with van der Waals surface area (Å²) < 4.78 is 20.0. The van der Waals surface area contributed by atoms with Crippen LogP contribution in [-0.4, -0.2) is 69.5 Å². The molecule has 0 radical (unpaired) electrons. The third kappa shape index (κ3) is 6.40. The Balaban J connectivity index is 1.17. The van der Waals surface area contributed by atoms with Crippen LogP contribution in [0.2, 0.25) is 0 Å². The van der Waals surface area contributed by atoms with Crippen molar-refractivity contribution in [3.05, 3.63) is 88.0 Å². The molecule has 3 aromatic heterocycles. The fourth-order valence-corrected chi connectivity index (χ4v) is 7.25. The number of nitrogens with zero attached hydrogens (tertiary/aromatic N) is 6. The van der Waals surface area contributed by atoms with Crippen LogP contribution in [0.5, 0.6) is 11.8 Å². The van der Waals surface area contributed by atoms with Gasteiger partial charge in [0.25, 0.3) is 0 Å². The zero-order valence-electron chi connectivity index (χ0n) is 28.6. The van der Waals surface area contributed by atoms with E-state index in [9.17, 15) is 20.3 Å². The van der Waals surface area contributed by atoms with Gasteiger partial charge in [0.2, 0.25) is 23.1 Å². The molecule has 4 heterocycles. The lowest BCUT2D eigenvalue weighted by Gasteiger charge is -2.19. The second kappa shape index (κ2) is 14.3. The highest BCUT2D eigenvalue weighted by Gasteiger charge is 2.30.